The van der Waals surface area contributed by atoms with Crippen molar-refractivity contribution in [3.63, 3.8) is 0 Å². The third kappa shape index (κ3) is 2.66. The van der Waals surface area contributed by atoms with Crippen molar-refractivity contribution in [1.29, 1.82) is 0 Å². The zero-order chi connectivity index (χ0) is 10.5. The smallest absolute Gasteiger partial charge is 0.0535 e. The van der Waals surface area contributed by atoms with Gasteiger partial charge in [0.15, 0.2) is 0 Å². The van der Waals surface area contributed by atoms with Crippen LogP contribution in [0.1, 0.15) is 11.3 Å². The van der Waals surface area contributed by atoms with Gasteiger partial charge in [-0.3, -0.25) is 9.78 Å². The van der Waals surface area contributed by atoms with Crippen LogP contribution in [0.5, 0.6) is 0 Å². The lowest BCUT2D eigenvalue weighted by Gasteiger charge is -2.03. The van der Waals surface area contributed by atoms with E-state index in [4.69, 9.17) is 0 Å². The van der Waals surface area contributed by atoms with Gasteiger partial charge >= 0.3 is 0 Å². The van der Waals surface area contributed by atoms with Crippen LogP contribution < -0.4 is 5.32 Å². The van der Waals surface area contributed by atoms with Gasteiger partial charge in [0, 0.05) is 36.7 Å². The van der Waals surface area contributed by atoms with Crippen LogP contribution in [0, 0.1) is 6.92 Å². The van der Waals surface area contributed by atoms with Gasteiger partial charge in [0.2, 0.25) is 0 Å². The van der Waals surface area contributed by atoms with Gasteiger partial charge in [-0.2, -0.15) is 10.2 Å². The van der Waals surface area contributed by atoms with Crippen molar-refractivity contribution in [2.75, 3.05) is 6.54 Å². The summed E-state index contributed by atoms with van der Waals surface area (Å²) >= 11 is 0. The molecule has 5 nitrogen and oxygen atoms in total. The molecule has 2 heterocycles. The van der Waals surface area contributed by atoms with E-state index in [1.54, 1.807) is 6.20 Å². The minimum absolute atomic E-state index is 0.851. The number of aromatic amines is 1. The molecular weight excluding hydrogens is 190 g/mol. The first kappa shape index (κ1) is 9.92. The van der Waals surface area contributed by atoms with Crippen molar-refractivity contribution in [3.05, 3.63) is 35.9 Å². The highest BCUT2D eigenvalue weighted by atomic mass is 15.3. The minimum Gasteiger partial charge on any atom is -0.311 e. The number of hydrogen-bond donors (Lipinski definition) is 2. The van der Waals surface area contributed by atoms with Gasteiger partial charge in [-0.05, 0) is 13.0 Å². The average molecular weight is 205 g/mol. The highest BCUT2D eigenvalue weighted by Gasteiger charge is 1.98. The summed E-state index contributed by atoms with van der Waals surface area (Å²) in [5, 5.41) is 14.4. The highest BCUT2D eigenvalue weighted by Crippen LogP contribution is 2.00. The molecule has 0 amide bonds. The predicted molar refractivity (Wildman–Crippen MR) is 57.3 cm³/mol. The summed E-state index contributed by atoms with van der Waals surface area (Å²) < 4.78 is 1.91. The molecule has 5 heteroatoms. The Kier molecular flexibility index (Phi) is 3.14. The normalized spacial score (nSPS) is 10.7. The average Bonchev–Trinajstić information content (AvgIpc) is 2.85. The van der Waals surface area contributed by atoms with Crippen LogP contribution in [-0.4, -0.2) is 26.5 Å². The van der Waals surface area contributed by atoms with Crippen molar-refractivity contribution in [3.8, 4) is 0 Å². The largest absolute Gasteiger partial charge is 0.311 e. The minimum atomic E-state index is 0.851. The Morgan fingerprint density at radius 1 is 1.53 bits per heavy atom. The molecule has 80 valence electrons. The van der Waals surface area contributed by atoms with E-state index >= 15 is 0 Å². The van der Waals surface area contributed by atoms with Gasteiger partial charge in [-0.25, -0.2) is 0 Å². The Labute approximate surface area is 88.5 Å². The fourth-order valence-electron chi connectivity index (χ4n) is 1.40. The lowest BCUT2D eigenvalue weighted by molar-refractivity contribution is 0.554. The topological polar surface area (TPSA) is 58.5 Å². The summed E-state index contributed by atoms with van der Waals surface area (Å²) in [5.74, 6) is 0. The van der Waals surface area contributed by atoms with Gasteiger partial charge in [0.25, 0.3) is 0 Å². The first-order valence-electron chi connectivity index (χ1n) is 5.03. The van der Waals surface area contributed by atoms with Gasteiger partial charge in [-0.1, -0.05) is 0 Å². The molecular formula is C10H15N5. The third-order valence-corrected chi connectivity index (χ3v) is 2.33. The molecule has 2 rings (SSSR count). The molecule has 0 fully saturated rings. The molecule has 15 heavy (non-hydrogen) atoms. The zero-order valence-corrected chi connectivity index (χ0v) is 8.77. The van der Waals surface area contributed by atoms with Crippen molar-refractivity contribution >= 4 is 0 Å². The van der Waals surface area contributed by atoms with Crippen LogP contribution in [0.25, 0.3) is 0 Å². The Morgan fingerprint density at radius 3 is 3.13 bits per heavy atom. The number of aryl methyl sites for hydroxylation is 1. The second-order valence-electron chi connectivity index (χ2n) is 3.47. The lowest BCUT2D eigenvalue weighted by Crippen LogP contribution is -2.19. The summed E-state index contributed by atoms with van der Waals surface area (Å²) in [7, 11) is 0. The van der Waals surface area contributed by atoms with E-state index < -0.39 is 0 Å². The zero-order valence-electron chi connectivity index (χ0n) is 8.77. The molecule has 2 aromatic heterocycles. The molecule has 0 aliphatic rings. The van der Waals surface area contributed by atoms with Crippen LogP contribution in [0.15, 0.2) is 24.7 Å². The van der Waals surface area contributed by atoms with Gasteiger partial charge < -0.3 is 5.32 Å². The van der Waals surface area contributed by atoms with Crippen LogP contribution in [-0.2, 0) is 13.1 Å². The molecule has 0 spiro atoms. The fraction of sp³-hybridized carbons (Fsp3) is 0.400. The lowest BCUT2D eigenvalue weighted by atomic mass is 10.3. The van der Waals surface area contributed by atoms with Gasteiger partial charge in [0.05, 0.1) is 12.7 Å². The Bertz CT molecular complexity index is 390. The van der Waals surface area contributed by atoms with E-state index in [9.17, 15) is 0 Å². The molecule has 0 saturated heterocycles. The number of rotatable bonds is 5. The van der Waals surface area contributed by atoms with E-state index in [2.05, 4.69) is 20.6 Å². The summed E-state index contributed by atoms with van der Waals surface area (Å²) in [6.45, 7) is 4.68. The van der Waals surface area contributed by atoms with E-state index in [1.165, 1.54) is 5.56 Å². The summed E-state index contributed by atoms with van der Waals surface area (Å²) in [6, 6.07) is 1.93. The molecule has 0 aliphatic carbocycles. The number of hydrogen-bond acceptors (Lipinski definition) is 3. The molecule has 0 aromatic carbocycles. The molecule has 0 bridgehead atoms. The maximum atomic E-state index is 4.13. The van der Waals surface area contributed by atoms with E-state index in [1.807, 2.05) is 30.1 Å². The third-order valence-electron chi connectivity index (χ3n) is 2.33. The van der Waals surface area contributed by atoms with Crippen LogP contribution in [0.3, 0.4) is 0 Å². The summed E-state index contributed by atoms with van der Waals surface area (Å²) in [4.78, 5) is 0. The second-order valence-corrected chi connectivity index (χ2v) is 3.47. The van der Waals surface area contributed by atoms with Crippen LogP contribution in [0.2, 0.25) is 0 Å². The highest BCUT2D eigenvalue weighted by molar-refractivity contribution is 5.13. The molecule has 0 unspecified atom stereocenters. The Hall–Kier alpha value is -1.62. The molecule has 0 aliphatic heterocycles. The summed E-state index contributed by atoms with van der Waals surface area (Å²) in [5.41, 5.74) is 2.34. The molecule has 2 N–H and O–H groups in total. The quantitative estimate of drug-likeness (QED) is 0.707. The molecule has 0 radical (unpaired) electrons. The van der Waals surface area contributed by atoms with Gasteiger partial charge in [-0.15, -0.1) is 0 Å². The summed E-state index contributed by atoms with van der Waals surface area (Å²) in [6.07, 6.45) is 5.61. The number of H-pyrrole nitrogens is 1. The monoisotopic (exact) mass is 205 g/mol. The van der Waals surface area contributed by atoms with Crippen molar-refractivity contribution in [2.24, 2.45) is 0 Å². The van der Waals surface area contributed by atoms with E-state index in [0.717, 1.165) is 25.3 Å². The maximum absolute atomic E-state index is 4.13. The van der Waals surface area contributed by atoms with Gasteiger partial charge in [0.1, 0.15) is 0 Å². The van der Waals surface area contributed by atoms with Crippen LogP contribution in [0.4, 0.5) is 0 Å². The first-order valence-corrected chi connectivity index (χ1v) is 5.03. The van der Waals surface area contributed by atoms with E-state index in [0.29, 0.717) is 0 Å². The second kappa shape index (κ2) is 4.75. The number of nitrogens with one attached hydrogen (secondary N) is 2. The standard InChI is InChI=1S/C10H15N5/c1-9-10(8-12-14-9)7-11-4-6-15-5-2-3-13-15/h2-3,5,8,11H,4,6-7H2,1H3,(H,12,14). The van der Waals surface area contributed by atoms with E-state index in [-0.39, 0.29) is 0 Å². The SMILES string of the molecule is Cc1[nH]ncc1CNCCn1cccn1. The number of aromatic nitrogens is 4. The molecule has 0 saturated carbocycles. The first-order chi connectivity index (χ1) is 7.36. The number of nitrogens with zero attached hydrogens (tertiary/aromatic N) is 3. The Balaban J connectivity index is 1.70. The molecule has 2 aromatic rings. The van der Waals surface area contributed by atoms with Crippen molar-refractivity contribution in [2.45, 2.75) is 20.0 Å². The molecule has 0 atom stereocenters. The predicted octanol–water partition coefficient (Wildman–Crippen LogP) is 0.704. The van der Waals surface area contributed by atoms with Crippen LogP contribution >= 0.6 is 0 Å². The van der Waals surface area contributed by atoms with Crippen molar-refractivity contribution in [1.82, 2.24) is 25.3 Å². The van der Waals surface area contributed by atoms with Crippen molar-refractivity contribution < 1.29 is 0 Å². The fourth-order valence-corrected chi connectivity index (χ4v) is 1.40. The maximum Gasteiger partial charge on any atom is 0.0535 e. The Morgan fingerprint density at radius 2 is 2.47 bits per heavy atom.